The average molecular weight is 380 g/mol. The molecule has 2 atom stereocenters. The molecule has 5 rings (SSSR count). The van der Waals surface area contributed by atoms with E-state index in [4.69, 9.17) is 0 Å². The standard InChI is InChI=1S/C26H24N2O/c1-17-9-5-6-12-20(17)26-25-23(27-21-13-7-8-14-22(21)28-26)15-19(16-24(25)29)18-10-3-2-4-11-18/h2-14,19,26-28H,15-16H2,1H3/t19-,26-/m0/s1. The number of benzene rings is 3. The third kappa shape index (κ3) is 3.23. The zero-order valence-corrected chi connectivity index (χ0v) is 16.5. The molecule has 29 heavy (non-hydrogen) atoms. The summed E-state index contributed by atoms with van der Waals surface area (Å²) < 4.78 is 0. The number of Topliss-reactive ketones (excluding diaryl/α,β-unsaturated/α-hetero) is 1. The molecule has 0 amide bonds. The van der Waals surface area contributed by atoms with E-state index in [2.05, 4.69) is 72.2 Å². The second kappa shape index (κ2) is 7.25. The van der Waals surface area contributed by atoms with Gasteiger partial charge >= 0.3 is 0 Å². The van der Waals surface area contributed by atoms with Crippen LogP contribution in [0.2, 0.25) is 0 Å². The van der Waals surface area contributed by atoms with Crippen molar-refractivity contribution in [3.63, 3.8) is 0 Å². The topological polar surface area (TPSA) is 41.1 Å². The van der Waals surface area contributed by atoms with E-state index < -0.39 is 0 Å². The van der Waals surface area contributed by atoms with Crippen molar-refractivity contribution in [1.29, 1.82) is 0 Å². The fourth-order valence-electron chi connectivity index (χ4n) is 4.60. The molecule has 0 fully saturated rings. The number of hydrogen-bond donors (Lipinski definition) is 2. The molecule has 0 bridgehead atoms. The first-order valence-electron chi connectivity index (χ1n) is 10.2. The van der Waals surface area contributed by atoms with Crippen LogP contribution in [0.3, 0.4) is 0 Å². The molecule has 2 aliphatic rings. The molecule has 3 aromatic carbocycles. The summed E-state index contributed by atoms with van der Waals surface area (Å²) in [6.07, 6.45) is 1.38. The lowest BCUT2D eigenvalue weighted by molar-refractivity contribution is -0.116. The van der Waals surface area contributed by atoms with Gasteiger partial charge in [-0.3, -0.25) is 4.79 Å². The van der Waals surface area contributed by atoms with Gasteiger partial charge in [-0.25, -0.2) is 0 Å². The van der Waals surface area contributed by atoms with Crippen LogP contribution in [0.25, 0.3) is 0 Å². The number of carbonyl (C=O) groups is 1. The number of anilines is 2. The second-order valence-electron chi connectivity index (χ2n) is 7.94. The monoisotopic (exact) mass is 380 g/mol. The van der Waals surface area contributed by atoms with Gasteiger partial charge in [0, 0.05) is 17.7 Å². The maximum Gasteiger partial charge on any atom is 0.163 e. The van der Waals surface area contributed by atoms with E-state index in [0.717, 1.165) is 34.6 Å². The van der Waals surface area contributed by atoms with Crippen molar-refractivity contribution in [3.8, 4) is 0 Å². The Balaban J connectivity index is 1.64. The first-order chi connectivity index (χ1) is 14.2. The highest BCUT2D eigenvalue weighted by Crippen LogP contribution is 2.44. The Morgan fingerprint density at radius 3 is 2.28 bits per heavy atom. The fourth-order valence-corrected chi connectivity index (χ4v) is 4.60. The summed E-state index contributed by atoms with van der Waals surface area (Å²) in [5.74, 6) is 0.430. The van der Waals surface area contributed by atoms with Crippen molar-refractivity contribution >= 4 is 17.2 Å². The molecule has 3 nitrogen and oxygen atoms in total. The van der Waals surface area contributed by atoms with Crippen molar-refractivity contribution in [2.75, 3.05) is 10.6 Å². The second-order valence-corrected chi connectivity index (χ2v) is 7.94. The number of para-hydroxylation sites is 2. The molecular formula is C26H24N2O. The van der Waals surface area contributed by atoms with Crippen LogP contribution in [-0.2, 0) is 4.79 Å². The third-order valence-corrected chi connectivity index (χ3v) is 6.08. The summed E-state index contributed by atoms with van der Waals surface area (Å²) in [6.45, 7) is 2.11. The molecule has 0 saturated heterocycles. The number of aryl methyl sites for hydroxylation is 1. The smallest absolute Gasteiger partial charge is 0.163 e. The SMILES string of the molecule is Cc1ccccc1[C@@H]1Nc2ccccc2NC2=C1C(=O)C[C@@H](c1ccccc1)C2. The molecule has 1 aliphatic carbocycles. The van der Waals surface area contributed by atoms with E-state index in [1.807, 2.05) is 24.3 Å². The van der Waals surface area contributed by atoms with Crippen LogP contribution in [0.5, 0.6) is 0 Å². The number of ketones is 1. The number of allylic oxidation sites excluding steroid dienone is 1. The normalized spacial score (nSPS) is 20.8. The quantitative estimate of drug-likeness (QED) is 0.575. The van der Waals surface area contributed by atoms with Crippen LogP contribution in [0.1, 0.15) is 41.5 Å². The molecule has 1 aliphatic heterocycles. The van der Waals surface area contributed by atoms with Gasteiger partial charge in [-0.1, -0.05) is 66.7 Å². The molecule has 0 radical (unpaired) electrons. The Kier molecular flexibility index (Phi) is 4.44. The molecule has 0 aromatic heterocycles. The zero-order chi connectivity index (χ0) is 19.8. The van der Waals surface area contributed by atoms with Gasteiger partial charge in [-0.15, -0.1) is 0 Å². The van der Waals surface area contributed by atoms with Gasteiger partial charge in [0.25, 0.3) is 0 Å². The lowest BCUT2D eigenvalue weighted by atomic mass is 9.78. The predicted molar refractivity (Wildman–Crippen MR) is 118 cm³/mol. The van der Waals surface area contributed by atoms with Crippen molar-refractivity contribution in [3.05, 3.63) is 107 Å². The largest absolute Gasteiger partial charge is 0.372 e. The number of hydrogen-bond acceptors (Lipinski definition) is 3. The Hall–Kier alpha value is -3.33. The molecule has 0 spiro atoms. The van der Waals surface area contributed by atoms with Gasteiger partial charge in [-0.05, 0) is 48.1 Å². The van der Waals surface area contributed by atoms with Crippen LogP contribution in [0.4, 0.5) is 11.4 Å². The Morgan fingerprint density at radius 1 is 0.793 bits per heavy atom. The fraction of sp³-hybridized carbons (Fsp3) is 0.192. The maximum absolute atomic E-state index is 13.5. The summed E-state index contributed by atoms with van der Waals surface area (Å²) in [4.78, 5) is 13.5. The van der Waals surface area contributed by atoms with E-state index in [0.29, 0.717) is 6.42 Å². The Labute approximate surface area is 171 Å². The average Bonchev–Trinajstić information content (AvgIpc) is 2.91. The van der Waals surface area contributed by atoms with Crippen LogP contribution in [0.15, 0.2) is 90.1 Å². The van der Waals surface area contributed by atoms with Crippen molar-refractivity contribution in [1.82, 2.24) is 0 Å². The van der Waals surface area contributed by atoms with E-state index in [1.54, 1.807) is 0 Å². The number of carbonyl (C=O) groups excluding carboxylic acids is 1. The van der Waals surface area contributed by atoms with Crippen molar-refractivity contribution in [2.45, 2.75) is 31.7 Å². The molecular weight excluding hydrogens is 356 g/mol. The van der Waals surface area contributed by atoms with Crippen LogP contribution in [0, 0.1) is 6.92 Å². The molecule has 144 valence electrons. The van der Waals surface area contributed by atoms with Crippen LogP contribution >= 0.6 is 0 Å². The molecule has 0 saturated carbocycles. The third-order valence-electron chi connectivity index (χ3n) is 6.08. The summed E-state index contributed by atoms with van der Waals surface area (Å²) >= 11 is 0. The number of fused-ring (bicyclic) bond motifs is 1. The summed E-state index contributed by atoms with van der Waals surface area (Å²) in [7, 11) is 0. The summed E-state index contributed by atoms with van der Waals surface area (Å²) in [6, 6.07) is 26.8. The van der Waals surface area contributed by atoms with Gasteiger partial charge < -0.3 is 10.6 Å². The molecule has 1 heterocycles. The van der Waals surface area contributed by atoms with E-state index in [-0.39, 0.29) is 17.7 Å². The van der Waals surface area contributed by atoms with Gasteiger partial charge in [0.1, 0.15) is 0 Å². The minimum atomic E-state index is -0.147. The van der Waals surface area contributed by atoms with Crippen LogP contribution < -0.4 is 10.6 Å². The lowest BCUT2D eigenvalue weighted by Crippen LogP contribution is -2.27. The highest BCUT2D eigenvalue weighted by Gasteiger charge is 2.36. The zero-order valence-electron chi connectivity index (χ0n) is 16.5. The minimum absolute atomic E-state index is 0.147. The lowest BCUT2D eigenvalue weighted by Gasteiger charge is -2.30. The van der Waals surface area contributed by atoms with E-state index in [1.165, 1.54) is 11.1 Å². The molecule has 2 N–H and O–H groups in total. The Morgan fingerprint density at radius 2 is 1.48 bits per heavy atom. The number of rotatable bonds is 2. The predicted octanol–water partition coefficient (Wildman–Crippen LogP) is 5.97. The maximum atomic E-state index is 13.5. The minimum Gasteiger partial charge on any atom is -0.372 e. The highest BCUT2D eigenvalue weighted by atomic mass is 16.1. The first kappa shape index (κ1) is 17.7. The van der Waals surface area contributed by atoms with Crippen molar-refractivity contribution < 1.29 is 4.79 Å². The van der Waals surface area contributed by atoms with Crippen LogP contribution in [-0.4, -0.2) is 5.78 Å². The highest BCUT2D eigenvalue weighted by molar-refractivity contribution is 6.01. The Bertz CT molecular complexity index is 1100. The summed E-state index contributed by atoms with van der Waals surface area (Å²) in [5, 5.41) is 7.27. The summed E-state index contributed by atoms with van der Waals surface area (Å²) in [5.41, 5.74) is 7.55. The van der Waals surface area contributed by atoms with Gasteiger partial charge in [0.2, 0.25) is 0 Å². The molecule has 3 heteroatoms. The molecule has 3 aromatic rings. The first-order valence-corrected chi connectivity index (χ1v) is 10.2. The van der Waals surface area contributed by atoms with Crippen molar-refractivity contribution in [2.24, 2.45) is 0 Å². The molecule has 0 unspecified atom stereocenters. The number of nitrogens with one attached hydrogen (secondary N) is 2. The van der Waals surface area contributed by atoms with E-state index >= 15 is 0 Å². The van der Waals surface area contributed by atoms with Gasteiger partial charge in [-0.2, -0.15) is 0 Å². The van der Waals surface area contributed by atoms with Gasteiger partial charge in [0.15, 0.2) is 5.78 Å². The van der Waals surface area contributed by atoms with Gasteiger partial charge in [0.05, 0.1) is 17.4 Å². The van der Waals surface area contributed by atoms with E-state index in [9.17, 15) is 4.79 Å².